The van der Waals surface area contributed by atoms with Crippen molar-refractivity contribution in [2.45, 2.75) is 39.8 Å². The number of amides is 1. The molecule has 2 rings (SSSR count). The van der Waals surface area contributed by atoms with Crippen molar-refractivity contribution in [2.24, 2.45) is 4.99 Å². The van der Waals surface area contributed by atoms with Crippen LogP contribution in [0.3, 0.4) is 0 Å². The van der Waals surface area contributed by atoms with Crippen molar-refractivity contribution in [3.63, 3.8) is 0 Å². The van der Waals surface area contributed by atoms with Crippen LogP contribution in [-0.2, 0) is 4.79 Å². The molecule has 25 heavy (non-hydrogen) atoms. The zero-order chi connectivity index (χ0) is 18.9. The van der Waals surface area contributed by atoms with Gasteiger partial charge in [0, 0.05) is 16.6 Å². The molecule has 0 saturated carbocycles. The lowest BCUT2D eigenvalue weighted by molar-refractivity contribution is -0.123. The molecule has 8 heteroatoms. The van der Waals surface area contributed by atoms with E-state index in [0.29, 0.717) is 24.8 Å². The molecule has 0 aliphatic carbocycles. The van der Waals surface area contributed by atoms with Crippen molar-refractivity contribution in [2.75, 3.05) is 7.11 Å². The summed E-state index contributed by atoms with van der Waals surface area (Å²) in [4.78, 5) is 19.7. The molecule has 1 aromatic rings. The van der Waals surface area contributed by atoms with Gasteiger partial charge in [-0.2, -0.15) is 0 Å². The molecule has 1 aliphatic rings. The molecule has 1 saturated heterocycles. The Bertz CT molecular complexity index is 761. The molecule has 0 atom stereocenters. The van der Waals surface area contributed by atoms with E-state index in [1.165, 1.54) is 18.9 Å². The Kier molecular flexibility index (Phi) is 6.62. The second-order valence-corrected chi connectivity index (χ2v) is 8.62. The maximum Gasteiger partial charge on any atom is 0.266 e. The molecule has 1 N–H and O–H groups in total. The Morgan fingerprint density at radius 1 is 1.28 bits per heavy atom. The van der Waals surface area contributed by atoms with Crippen molar-refractivity contribution in [1.82, 2.24) is 4.90 Å². The van der Waals surface area contributed by atoms with Crippen molar-refractivity contribution < 1.29 is 14.6 Å². The van der Waals surface area contributed by atoms with E-state index in [-0.39, 0.29) is 23.7 Å². The van der Waals surface area contributed by atoms with Crippen LogP contribution in [0.25, 0.3) is 6.08 Å². The third-order valence-corrected chi connectivity index (χ3v) is 6.56. The molecule has 0 spiro atoms. The fourth-order valence-corrected chi connectivity index (χ4v) is 4.33. The molecule has 1 fully saturated rings. The SMILES string of the molecule is COc1cc(/C=C2/SC(=NC(C)C)N(C(C)C)C2=O)c(Br)c(Br)c1O. The van der Waals surface area contributed by atoms with Crippen molar-refractivity contribution in [1.29, 1.82) is 0 Å². The van der Waals surface area contributed by atoms with Crippen molar-refractivity contribution in [3.05, 3.63) is 25.5 Å². The van der Waals surface area contributed by atoms with Crippen LogP contribution in [0.2, 0.25) is 0 Å². The Hall–Kier alpha value is -0.990. The number of amidine groups is 1. The van der Waals surface area contributed by atoms with E-state index in [1.807, 2.05) is 27.7 Å². The summed E-state index contributed by atoms with van der Waals surface area (Å²) in [7, 11) is 1.48. The van der Waals surface area contributed by atoms with Crippen LogP contribution in [0.15, 0.2) is 24.9 Å². The molecule has 1 aliphatic heterocycles. The average molecular weight is 492 g/mol. The molecular formula is C17H20Br2N2O3S. The largest absolute Gasteiger partial charge is 0.503 e. The van der Waals surface area contributed by atoms with Crippen LogP contribution in [0.5, 0.6) is 11.5 Å². The number of carbonyl (C=O) groups excluding carboxylic acids is 1. The van der Waals surface area contributed by atoms with Crippen LogP contribution < -0.4 is 4.74 Å². The monoisotopic (exact) mass is 490 g/mol. The summed E-state index contributed by atoms with van der Waals surface area (Å²) in [6.07, 6.45) is 1.78. The first-order valence-corrected chi connectivity index (χ1v) is 10.1. The third-order valence-electron chi connectivity index (χ3n) is 3.40. The Morgan fingerprint density at radius 3 is 2.44 bits per heavy atom. The van der Waals surface area contributed by atoms with E-state index in [9.17, 15) is 9.90 Å². The Morgan fingerprint density at radius 2 is 1.92 bits per heavy atom. The quantitative estimate of drug-likeness (QED) is 0.601. The van der Waals surface area contributed by atoms with E-state index >= 15 is 0 Å². The lowest BCUT2D eigenvalue weighted by Gasteiger charge is -2.20. The molecular weight excluding hydrogens is 472 g/mol. The highest BCUT2D eigenvalue weighted by atomic mass is 79.9. The minimum absolute atomic E-state index is 0.00722. The van der Waals surface area contributed by atoms with E-state index in [1.54, 1.807) is 17.0 Å². The molecule has 1 heterocycles. The third kappa shape index (κ3) is 4.23. The number of carbonyl (C=O) groups is 1. The number of aromatic hydroxyl groups is 1. The maximum absolute atomic E-state index is 12.8. The zero-order valence-corrected chi connectivity index (χ0v) is 18.6. The first-order valence-electron chi connectivity index (χ1n) is 7.73. The van der Waals surface area contributed by atoms with Gasteiger partial charge in [-0.05, 0) is 89.0 Å². The van der Waals surface area contributed by atoms with Gasteiger partial charge in [0.1, 0.15) is 0 Å². The molecule has 0 unspecified atom stereocenters. The average Bonchev–Trinajstić information content (AvgIpc) is 2.82. The van der Waals surface area contributed by atoms with E-state index in [0.717, 1.165) is 5.56 Å². The van der Waals surface area contributed by atoms with E-state index in [2.05, 4.69) is 36.9 Å². The number of phenols is 1. The van der Waals surface area contributed by atoms with Crippen LogP contribution >= 0.6 is 43.6 Å². The van der Waals surface area contributed by atoms with Gasteiger partial charge in [-0.3, -0.25) is 14.7 Å². The van der Waals surface area contributed by atoms with Gasteiger partial charge >= 0.3 is 0 Å². The highest BCUT2D eigenvalue weighted by molar-refractivity contribution is 9.13. The highest BCUT2D eigenvalue weighted by Crippen LogP contribution is 2.43. The molecule has 0 aromatic heterocycles. The summed E-state index contributed by atoms with van der Waals surface area (Å²) >= 11 is 8.14. The highest BCUT2D eigenvalue weighted by Gasteiger charge is 2.35. The van der Waals surface area contributed by atoms with Gasteiger partial charge in [0.05, 0.1) is 16.5 Å². The van der Waals surface area contributed by atoms with Crippen LogP contribution in [-0.4, -0.2) is 40.3 Å². The molecule has 1 amide bonds. The van der Waals surface area contributed by atoms with Crippen LogP contribution in [0.1, 0.15) is 33.3 Å². The zero-order valence-electron chi connectivity index (χ0n) is 14.6. The fraction of sp³-hybridized carbons (Fsp3) is 0.412. The number of hydrogen-bond donors (Lipinski definition) is 1. The molecule has 0 bridgehead atoms. The second-order valence-electron chi connectivity index (χ2n) is 6.03. The minimum Gasteiger partial charge on any atom is -0.503 e. The lowest BCUT2D eigenvalue weighted by atomic mass is 10.1. The van der Waals surface area contributed by atoms with Gasteiger partial charge in [0.2, 0.25) is 0 Å². The number of ether oxygens (including phenoxy) is 1. The summed E-state index contributed by atoms with van der Waals surface area (Å²) < 4.78 is 6.32. The maximum atomic E-state index is 12.8. The Balaban J connectivity index is 2.52. The fourth-order valence-electron chi connectivity index (χ4n) is 2.27. The number of thioether (sulfide) groups is 1. The summed E-state index contributed by atoms with van der Waals surface area (Å²) in [5.41, 5.74) is 0.729. The standard InChI is InChI=1S/C17H20Br2N2O3S/c1-8(2)20-17-21(9(3)4)16(23)12(25-17)7-10-6-11(24-5)15(22)14(19)13(10)18/h6-9,22H,1-5H3/b12-7+,20-17?. The van der Waals surface area contributed by atoms with Gasteiger partial charge in [-0.25, -0.2) is 0 Å². The minimum atomic E-state index is -0.0746. The van der Waals surface area contributed by atoms with Gasteiger partial charge in [0.15, 0.2) is 16.7 Å². The van der Waals surface area contributed by atoms with Gasteiger partial charge in [-0.1, -0.05) is 0 Å². The molecule has 136 valence electrons. The number of halogens is 2. The predicted octanol–water partition coefficient (Wildman–Crippen LogP) is 5.01. The van der Waals surface area contributed by atoms with Gasteiger partial charge < -0.3 is 9.84 Å². The second kappa shape index (κ2) is 8.14. The van der Waals surface area contributed by atoms with Gasteiger partial charge in [0.25, 0.3) is 5.91 Å². The number of aliphatic imine (C=N–C) groups is 1. The van der Waals surface area contributed by atoms with E-state index < -0.39 is 0 Å². The van der Waals surface area contributed by atoms with Crippen LogP contribution in [0, 0.1) is 0 Å². The normalized spacial score (nSPS) is 18.3. The summed E-state index contributed by atoms with van der Waals surface area (Å²) in [5.74, 6) is 0.261. The van der Waals surface area contributed by atoms with Crippen molar-refractivity contribution >= 4 is 60.8 Å². The summed E-state index contributed by atoms with van der Waals surface area (Å²) in [5, 5.41) is 10.8. The van der Waals surface area contributed by atoms with E-state index in [4.69, 9.17) is 4.74 Å². The summed E-state index contributed by atoms with van der Waals surface area (Å²) in [6, 6.07) is 1.81. The molecule has 1 aromatic carbocycles. The smallest absolute Gasteiger partial charge is 0.266 e. The van der Waals surface area contributed by atoms with Crippen molar-refractivity contribution in [3.8, 4) is 11.5 Å². The number of hydrogen-bond acceptors (Lipinski definition) is 5. The Labute approximate surface area is 168 Å². The predicted molar refractivity (Wildman–Crippen MR) is 110 cm³/mol. The number of nitrogens with zero attached hydrogens (tertiary/aromatic N) is 2. The first-order chi connectivity index (χ1) is 11.7. The number of benzene rings is 1. The van der Waals surface area contributed by atoms with Crippen LogP contribution in [0.4, 0.5) is 0 Å². The number of methoxy groups -OCH3 is 1. The summed E-state index contributed by atoms with van der Waals surface area (Å²) in [6.45, 7) is 7.90. The molecule has 5 nitrogen and oxygen atoms in total. The lowest BCUT2D eigenvalue weighted by Crippen LogP contribution is -2.35. The topological polar surface area (TPSA) is 62.1 Å². The number of rotatable bonds is 4. The first kappa shape index (κ1) is 20.3. The number of phenolic OH excluding ortho intramolecular Hbond substituents is 1. The van der Waals surface area contributed by atoms with Gasteiger partial charge in [-0.15, -0.1) is 0 Å². The molecule has 0 radical (unpaired) electrons.